The number of fused-ring (bicyclic) bond motifs is 1. The predicted molar refractivity (Wildman–Crippen MR) is 73.3 cm³/mol. The molecule has 19 heavy (non-hydrogen) atoms. The number of pyridine rings is 1. The third-order valence-corrected chi connectivity index (χ3v) is 3.04. The summed E-state index contributed by atoms with van der Waals surface area (Å²) in [6.07, 6.45) is 0. The number of H-pyrrole nitrogens is 1. The summed E-state index contributed by atoms with van der Waals surface area (Å²) >= 11 is 0. The number of para-hydroxylation sites is 1. The van der Waals surface area contributed by atoms with Crippen LogP contribution in [0.15, 0.2) is 53.3 Å². The van der Waals surface area contributed by atoms with Crippen molar-refractivity contribution in [1.82, 2.24) is 4.98 Å². The van der Waals surface area contributed by atoms with Gasteiger partial charge in [-0.3, -0.25) is 4.79 Å². The molecule has 94 valence electrons. The molecule has 0 amide bonds. The lowest BCUT2D eigenvalue weighted by Gasteiger charge is -2.07. The van der Waals surface area contributed by atoms with Crippen LogP contribution in [0.3, 0.4) is 0 Å². The van der Waals surface area contributed by atoms with Gasteiger partial charge in [-0.25, -0.2) is 0 Å². The minimum absolute atomic E-state index is 0.131. The van der Waals surface area contributed by atoms with Gasteiger partial charge in [0.25, 0.3) is 0 Å². The fraction of sp³-hybridized carbons (Fsp3) is 0. The number of phenols is 1. The summed E-state index contributed by atoms with van der Waals surface area (Å²) in [5.41, 5.74) is 1.24. The van der Waals surface area contributed by atoms with E-state index in [-0.39, 0.29) is 11.5 Å². The van der Waals surface area contributed by atoms with Gasteiger partial charge < -0.3 is 15.2 Å². The molecule has 0 atom stereocenters. The molecule has 0 saturated carbocycles. The van der Waals surface area contributed by atoms with E-state index in [1.807, 2.05) is 6.07 Å². The highest BCUT2D eigenvalue weighted by Gasteiger charge is 2.12. The summed E-state index contributed by atoms with van der Waals surface area (Å²) in [5, 5.41) is 19.7. The molecule has 2 aromatic carbocycles. The SMILES string of the molecule is O=c1c(O)c(-c2ccc(O)cc2)[nH]c2ccccc12. The van der Waals surface area contributed by atoms with E-state index in [1.165, 1.54) is 12.1 Å². The zero-order valence-electron chi connectivity index (χ0n) is 9.92. The van der Waals surface area contributed by atoms with E-state index < -0.39 is 5.43 Å². The van der Waals surface area contributed by atoms with Crippen LogP contribution in [-0.4, -0.2) is 15.2 Å². The fourth-order valence-electron chi connectivity index (χ4n) is 2.06. The lowest BCUT2D eigenvalue weighted by Crippen LogP contribution is -2.04. The molecule has 1 heterocycles. The number of hydrogen-bond acceptors (Lipinski definition) is 3. The fourth-order valence-corrected chi connectivity index (χ4v) is 2.06. The molecule has 0 fully saturated rings. The lowest BCUT2D eigenvalue weighted by atomic mass is 10.1. The monoisotopic (exact) mass is 253 g/mol. The number of nitrogens with one attached hydrogen (secondary N) is 1. The maximum absolute atomic E-state index is 12.1. The topological polar surface area (TPSA) is 73.3 Å². The Kier molecular flexibility index (Phi) is 2.49. The van der Waals surface area contributed by atoms with E-state index in [2.05, 4.69) is 4.98 Å². The zero-order chi connectivity index (χ0) is 13.4. The van der Waals surface area contributed by atoms with Crippen molar-refractivity contribution in [3.05, 3.63) is 58.8 Å². The van der Waals surface area contributed by atoms with Crippen molar-refractivity contribution in [2.24, 2.45) is 0 Å². The van der Waals surface area contributed by atoms with Crippen molar-refractivity contribution >= 4 is 10.9 Å². The van der Waals surface area contributed by atoms with Crippen molar-refractivity contribution in [2.45, 2.75) is 0 Å². The molecule has 0 saturated heterocycles. The van der Waals surface area contributed by atoms with Crippen LogP contribution in [0.4, 0.5) is 0 Å². The Hall–Kier alpha value is -2.75. The number of benzene rings is 2. The van der Waals surface area contributed by atoms with Gasteiger partial charge in [-0.2, -0.15) is 0 Å². The number of aromatic nitrogens is 1. The van der Waals surface area contributed by atoms with Crippen molar-refractivity contribution in [1.29, 1.82) is 0 Å². The molecule has 3 rings (SSSR count). The first-order valence-corrected chi connectivity index (χ1v) is 5.80. The van der Waals surface area contributed by atoms with E-state index in [4.69, 9.17) is 0 Å². The Morgan fingerprint density at radius 3 is 2.32 bits per heavy atom. The Morgan fingerprint density at radius 2 is 1.58 bits per heavy atom. The van der Waals surface area contributed by atoms with Crippen molar-refractivity contribution < 1.29 is 10.2 Å². The summed E-state index contributed by atoms with van der Waals surface area (Å²) in [4.78, 5) is 15.1. The van der Waals surface area contributed by atoms with E-state index in [9.17, 15) is 15.0 Å². The summed E-state index contributed by atoms with van der Waals surface area (Å²) in [6, 6.07) is 13.3. The van der Waals surface area contributed by atoms with E-state index in [1.54, 1.807) is 30.3 Å². The molecule has 3 N–H and O–H groups in total. The second-order valence-electron chi connectivity index (χ2n) is 4.27. The van der Waals surface area contributed by atoms with Crippen LogP contribution in [0.25, 0.3) is 22.2 Å². The Labute approximate surface area is 108 Å². The van der Waals surface area contributed by atoms with Gasteiger partial charge in [0.1, 0.15) is 5.75 Å². The molecule has 0 spiro atoms. The quantitative estimate of drug-likeness (QED) is 0.624. The molecule has 0 aliphatic rings. The van der Waals surface area contributed by atoms with Crippen molar-refractivity contribution in [3.63, 3.8) is 0 Å². The molecule has 0 bridgehead atoms. The van der Waals surface area contributed by atoms with E-state index in [0.29, 0.717) is 22.2 Å². The minimum Gasteiger partial charge on any atom is -0.508 e. The van der Waals surface area contributed by atoms with Crippen LogP contribution in [0, 0.1) is 0 Å². The average molecular weight is 253 g/mol. The second kappa shape index (κ2) is 4.17. The first-order chi connectivity index (χ1) is 9.16. The van der Waals surface area contributed by atoms with Crippen molar-refractivity contribution in [3.8, 4) is 22.8 Å². The van der Waals surface area contributed by atoms with Gasteiger partial charge in [0, 0.05) is 16.5 Å². The Morgan fingerprint density at radius 1 is 0.895 bits per heavy atom. The van der Waals surface area contributed by atoms with E-state index in [0.717, 1.165) is 0 Å². The highest BCUT2D eigenvalue weighted by molar-refractivity contribution is 5.84. The van der Waals surface area contributed by atoms with Gasteiger partial charge in [-0.15, -0.1) is 0 Å². The number of phenolic OH excluding ortho intramolecular Hbond substituents is 1. The Bertz CT molecular complexity index is 804. The van der Waals surface area contributed by atoms with Gasteiger partial charge in [0.05, 0.1) is 5.69 Å². The highest BCUT2D eigenvalue weighted by Crippen LogP contribution is 2.27. The molecule has 0 aliphatic carbocycles. The van der Waals surface area contributed by atoms with Crippen LogP contribution in [0.1, 0.15) is 0 Å². The van der Waals surface area contributed by atoms with Gasteiger partial charge >= 0.3 is 0 Å². The second-order valence-corrected chi connectivity index (χ2v) is 4.27. The van der Waals surface area contributed by atoms with Crippen LogP contribution >= 0.6 is 0 Å². The van der Waals surface area contributed by atoms with Crippen molar-refractivity contribution in [2.75, 3.05) is 0 Å². The number of aromatic amines is 1. The predicted octanol–water partition coefficient (Wildman–Crippen LogP) is 2.61. The zero-order valence-corrected chi connectivity index (χ0v) is 9.92. The van der Waals surface area contributed by atoms with Gasteiger partial charge in [-0.05, 0) is 36.4 Å². The minimum atomic E-state index is -0.405. The molecule has 0 aliphatic heterocycles. The number of rotatable bonds is 1. The maximum atomic E-state index is 12.1. The molecular weight excluding hydrogens is 242 g/mol. The maximum Gasteiger partial charge on any atom is 0.231 e. The summed E-state index contributed by atoms with van der Waals surface area (Å²) in [6.45, 7) is 0. The molecule has 0 radical (unpaired) electrons. The first kappa shape index (κ1) is 11.3. The third-order valence-electron chi connectivity index (χ3n) is 3.04. The average Bonchev–Trinajstić information content (AvgIpc) is 2.44. The van der Waals surface area contributed by atoms with Gasteiger partial charge in [0.2, 0.25) is 5.43 Å². The first-order valence-electron chi connectivity index (χ1n) is 5.80. The summed E-state index contributed by atoms with van der Waals surface area (Å²) in [5.74, 6) is -0.184. The molecule has 1 aromatic heterocycles. The highest BCUT2D eigenvalue weighted by atomic mass is 16.3. The van der Waals surface area contributed by atoms with Crippen LogP contribution in [0.2, 0.25) is 0 Å². The van der Waals surface area contributed by atoms with Gasteiger partial charge in [0.15, 0.2) is 5.75 Å². The third kappa shape index (κ3) is 1.83. The smallest absolute Gasteiger partial charge is 0.231 e. The van der Waals surface area contributed by atoms with E-state index >= 15 is 0 Å². The van der Waals surface area contributed by atoms with Crippen LogP contribution in [0.5, 0.6) is 11.5 Å². The summed E-state index contributed by atoms with van der Waals surface area (Å²) < 4.78 is 0. The standard InChI is InChI=1S/C15H11NO3/c17-10-7-5-9(6-8-10)13-15(19)14(18)11-3-1-2-4-12(11)16-13/h1-8,17,19H,(H,16,18). The Balaban J connectivity index is 2.33. The normalized spacial score (nSPS) is 10.7. The molecule has 3 aromatic rings. The largest absolute Gasteiger partial charge is 0.508 e. The van der Waals surface area contributed by atoms with Crippen LogP contribution in [-0.2, 0) is 0 Å². The summed E-state index contributed by atoms with van der Waals surface area (Å²) in [7, 11) is 0. The molecule has 4 nitrogen and oxygen atoms in total. The van der Waals surface area contributed by atoms with Gasteiger partial charge in [-0.1, -0.05) is 12.1 Å². The lowest BCUT2D eigenvalue weighted by molar-refractivity contribution is 0.470. The number of hydrogen-bond donors (Lipinski definition) is 3. The molecule has 4 heteroatoms. The molecule has 0 unspecified atom stereocenters. The number of aromatic hydroxyl groups is 2. The molecular formula is C15H11NO3. The van der Waals surface area contributed by atoms with Crippen LogP contribution < -0.4 is 5.43 Å².